The number of ether oxygens (including phenoxy) is 3. The van der Waals surface area contributed by atoms with E-state index < -0.39 is 0 Å². The lowest BCUT2D eigenvalue weighted by Gasteiger charge is -2.26. The molecule has 0 spiro atoms. The van der Waals surface area contributed by atoms with Crippen LogP contribution in [0.5, 0.6) is 11.5 Å². The number of amides is 2. The van der Waals surface area contributed by atoms with Crippen LogP contribution in [0.25, 0.3) is 0 Å². The molecule has 1 aromatic carbocycles. The number of carbonyl (C=O) groups excluding carboxylic acids is 2. The van der Waals surface area contributed by atoms with E-state index in [0.717, 1.165) is 0 Å². The summed E-state index contributed by atoms with van der Waals surface area (Å²) in [6, 6.07) is 5.12. The first-order chi connectivity index (χ1) is 15.0. The molecule has 31 heavy (non-hydrogen) atoms. The zero-order valence-electron chi connectivity index (χ0n) is 16.8. The van der Waals surface area contributed by atoms with E-state index in [1.807, 2.05) is 0 Å². The first-order valence-electron chi connectivity index (χ1n) is 9.25. The largest absolute Gasteiger partial charge is 0.493 e. The van der Waals surface area contributed by atoms with Gasteiger partial charge in [-0.3, -0.25) is 9.59 Å². The Morgan fingerprint density at radius 1 is 1.35 bits per heavy atom. The Bertz CT molecular complexity index is 932. The van der Waals surface area contributed by atoms with E-state index in [9.17, 15) is 9.59 Å². The molecule has 1 aliphatic rings. The summed E-state index contributed by atoms with van der Waals surface area (Å²) in [7, 11) is 1.51. The Hall–Kier alpha value is -2.90. The number of hydrogen-bond acceptors (Lipinski definition) is 11. The number of carbonyl (C=O) groups is 2. The number of morpholine rings is 1. The van der Waals surface area contributed by atoms with E-state index in [1.54, 1.807) is 23.1 Å². The summed E-state index contributed by atoms with van der Waals surface area (Å²) in [6.07, 6.45) is 1.48. The third kappa shape index (κ3) is 7.08. The first-order valence-corrected chi connectivity index (χ1v) is 11.1. The molecule has 2 amide bonds. The number of nitrogens with zero attached hydrogens (tertiary/aromatic N) is 4. The third-order valence-electron chi connectivity index (χ3n) is 4.05. The number of nitrogens with one attached hydrogen (secondary N) is 1. The molecule has 0 bridgehead atoms. The van der Waals surface area contributed by atoms with Gasteiger partial charge in [0.2, 0.25) is 5.13 Å². The van der Waals surface area contributed by atoms with Gasteiger partial charge in [-0.1, -0.05) is 23.1 Å². The minimum atomic E-state index is -0.288. The molecule has 1 aliphatic heterocycles. The summed E-state index contributed by atoms with van der Waals surface area (Å²) in [5.74, 6) is 0.642. The lowest BCUT2D eigenvalue weighted by atomic mass is 10.2. The highest BCUT2D eigenvalue weighted by Gasteiger charge is 2.18. The average molecular weight is 467 g/mol. The molecular formula is C18H22N6O5S2. The molecule has 0 atom stereocenters. The number of rotatable bonds is 9. The second-order valence-electron chi connectivity index (χ2n) is 6.18. The molecule has 0 aliphatic carbocycles. The van der Waals surface area contributed by atoms with Crippen molar-refractivity contribution in [2.45, 2.75) is 4.34 Å². The second-order valence-corrected chi connectivity index (χ2v) is 8.41. The third-order valence-corrected chi connectivity index (χ3v) is 5.94. The van der Waals surface area contributed by atoms with Crippen molar-refractivity contribution in [1.82, 2.24) is 20.5 Å². The molecule has 13 heteroatoms. The summed E-state index contributed by atoms with van der Waals surface area (Å²) < 4.78 is 16.8. The lowest BCUT2D eigenvalue weighted by molar-refractivity contribution is -0.137. The summed E-state index contributed by atoms with van der Waals surface area (Å²) in [6.45, 7) is 2.11. The van der Waals surface area contributed by atoms with Gasteiger partial charge in [0.15, 0.2) is 22.4 Å². The van der Waals surface area contributed by atoms with Crippen molar-refractivity contribution < 1.29 is 23.8 Å². The summed E-state index contributed by atoms with van der Waals surface area (Å²) in [5, 5.41) is 11.8. The van der Waals surface area contributed by atoms with Gasteiger partial charge in [-0.25, -0.2) is 5.43 Å². The van der Waals surface area contributed by atoms with E-state index in [1.165, 1.54) is 36.4 Å². The van der Waals surface area contributed by atoms with Crippen LogP contribution in [0.3, 0.4) is 0 Å². The van der Waals surface area contributed by atoms with Crippen LogP contribution >= 0.6 is 23.1 Å². The van der Waals surface area contributed by atoms with Gasteiger partial charge in [-0.05, 0) is 23.8 Å². The molecule has 1 saturated heterocycles. The number of methoxy groups -OCH3 is 1. The maximum Gasteiger partial charge on any atom is 0.260 e. The van der Waals surface area contributed by atoms with Crippen LogP contribution in [0.4, 0.5) is 5.13 Å². The second kappa shape index (κ2) is 11.5. The van der Waals surface area contributed by atoms with Gasteiger partial charge in [0, 0.05) is 13.1 Å². The number of nitrogens with two attached hydrogens (primary N) is 1. The molecule has 1 aromatic heterocycles. The van der Waals surface area contributed by atoms with Gasteiger partial charge in [-0.2, -0.15) is 5.10 Å². The van der Waals surface area contributed by atoms with Gasteiger partial charge in [0.05, 0.1) is 32.3 Å². The van der Waals surface area contributed by atoms with E-state index in [4.69, 9.17) is 19.9 Å². The Labute approximate surface area is 186 Å². The van der Waals surface area contributed by atoms with Crippen LogP contribution in [0.15, 0.2) is 27.6 Å². The monoisotopic (exact) mass is 466 g/mol. The maximum absolute atomic E-state index is 12.2. The molecule has 3 N–H and O–H groups in total. The molecule has 11 nitrogen and oxygen atoms in total. The SMILES string of the molecule is COc1cc(C=NNC(=O)CSc2nnc(N)s2)ccc1OCC(=O)N1CCOCC1. The van der Waals surface area contributed by atoms with Crippen LogP contribution in [-0.4, -0.2) is 78.9 Å². The van der Waals surface area contributed by atoms with E-state index in [0.29, 0.717) is 52.8 Å². The molecule has 3 rings (SSSR count). The quantitative estimate of drug-likeness (QED) is 0.309. The van der Waals surface area contributed by atoms with Gasteiger partial charge < -0.3 is 24.8 Å². The first kappa shape index (κ1) is 22.8. The van der Waals surface area contributed by atoms with Crippen LogP contribution in [0.1, 0.15) is 5.56 Å². The Balaban J connectivity index is 1.48. The summed E-state index contributed by atoms with van der Waals surface area (Å²) in [4.78, 5) is 25.8. The Morgan fingerprint density at radius 3 is 2.87 bits per heavy atom. The maximum atomic E-state index is 12.2. The predicted molar refractivity (Wildman–Crippen MR) is 117 cm³/mol. The fourth-order valence-electron chi connectivity index (χ4n) is 2.54. The number of aromatic nitrogens is 2. The van der Waals surface area contributed by atoms with Crippen molar-refractivity contribution in [2.24, 2.45) is 5.10 Å². The van der Waals surface area contributed by atoms with E-state index >= 15 is 0 Å². The number of thioether (sulfide) groups is 1. The van der Waals surface area contributed by atoms with E-state index in [-0.39, 0.29) is 24.2 Å². The standard InChI is InChI=1S/C18H22N6O5S2/c1-27-14-8-12(9-20-21-15(25)11-30-18-23-22-17(19)31-18)2-3-13(14)29-10-16(26)24-4-6-28-7-5-24/h2-3,8-9H,4-7,10-11H2,1H3,(H2,19,22)(H,21,25). The fraction of sp³-hybridized carbons (Fsp3) is 0.389. The van der Waals surface area contributed by atoms with Crippen molar-refractivity contribution >= 4 is 46.3 Å². The zero-order chi connectivity index (χ0) is 22.1. The number of hydrogen-bond donors (Lipinski definition) is 2. The lowest BCUT2D eigenvalue weighted by Crippen LogP contribution is -2.43. The van der Waals surface area contributed by atoms with Gasteiger partial charge in [0.1, 0.15) is 0 Å². The Morgan fingerprint density at radius 2 is 2.16 bits per heavy atom. The molecule has 0 unspecified atom stereocenters. The van der Waals surface area contributed by atoms with Crippen molar-refractivity contribution in [3.05, 3.63) is 23.8 Å². The molecule has 2 aromatic rings. The van der Waals surface area contributed by atoms with Crippen molar-refractivity contribution in [1.29, 1.82) is 0 Å². The molecule has 166 valence electrons. The number of hydrazone groups is 1. The number of anilines is 1. The van der Waals surface area contributed by atoms with E-state index in [2.05, 4.69) is 20.7 Å². The summed E-state index contributed by atoms with van der Waals surface area (Å²) >= 11 is 2.44. The average Bonchev–Trinajstić information content (AvgIpc) is 3.22. The van der Waals surface area contributed by atoms with Gasteiger partial charge in [-0.15, -0.1) is 10.2 Å². The minimum Gasteiger partial charge on any atom is -0.493 e. The van der Waals surface area contributed by atoms with Crippen LogP contribution in [0.2, 0.25) is 0 Å². The topological polar surface area (TPSA) is 141 Å². The number of nitrogen functional groups attached to an aromatic ring is 1. The molecule has 0 radical (unpaired) electrons. The summed E-state index contributed by atoms with van der Waals surface area (Å²) in [5.41, 5.74) is 8.62. The highest BCUT2D eigenvalue weighted by atomic mass is 32.2. The molecular weight excluding hydrogens is 444 g/mol. The van der Waals surface area contributed by atoms with Crippen molar-refractivity contribution in [3.8, 4) is 11.5 Å². The smallest absolute Gasteiger partial charge is 0.260 e. The van der Waals surface area contributed by atoms with Gasteiger partial charge in [0.25, 0.3) is 11.8 Å². The zero-order valence-corrected chi connectivity index (χ0v) is 18.4. The normalized spacial score (nSPS) is 13.9. The predicted octanol–water partition coefficient (Wildman–Crippen LogP) is 0.609. The highest BCUT2D eigenvalue weighted by Crippen LogP contribution is 2.27. The molecule has 1 fully saturated rings. The Kier molecular flexibility index (Phi) is 8.44. The van der Waals surface area contributed by atoms with Crippen LogP contribution in [-0.2, 0) is 14.3 Å². The number of benzene rings is 1. The van der Waals surface area contributed by atoms with Crippen LogP contribution in [0, 0.1) is 0 Å². The fourth-order valence-corrected chi connectivity index (χ4v) is 3.97. The molecule has 2 heterocycles. The van der Waals surface area contributed by atoms with Crippen molar-refractivity contribution in [2.75, 3.05) is 51.5 Å². The minimum absolute atomic E-state index is 0.0855. The molecule has 0 saturated carbocycles. The highest BCUT2D eigenvalue weighted by molar-refractivity contribution is 8.01. The van der Waals surface area contributed by atoms with Crippen molar-refractivity contribution in [3.63, 3.8) is 0 Å². The van der Waals surface area contributed by atoms with Crippen LogP contribution < -0.4 is 20.6 Å². The van der Waals surface area contributed by atoms with Gasteiger partial charge >= 0.3 is 0 Å².